The number of hydrogen-bond acceptors (Lipinski definition) is 1. The van der Waals surface area contributed by atoms with Crippen LogP contribution in [0.15, 0.2) is 11.8 Å². The van der Waals surface area contributed by atoms with E-state index in [1.807, 2.05) is 31.7 Å². The highest BCUT2D eigenvalue weighted by molar-refractivity contribution is 5.89. The highest BCUT2D eigenvalue weighted by Crippen LogP contribution is 2.36. The summed E-state index contributed by atoms with van der Waals surface area (Å²) in [5.74, 6) is 0.206. The van der Waals surface area contributed by atoms with Crippen LogP contribution in [0.25, 0.3) is 0 Å². The van der Waals surface area contributed by atoms with E-state index in [1.165, 1.54) is 0 Å². The third kappa shape index (κ3) is 1.62. The van der Waals surface area contributed by atoms with Gasteiger partial charge in [0.25, 0.3) is 0 Å². The highest BCUT2D eigenvalue weighted by Gasteiger charge is 2.41. The molecule has 0 fully saturated rings. The maximum atomic E-state index is 12.0. The van der Waals surface area contributed by atoms with Crippen LogP contribution in [0.2, 0.25) is 0 Å². The molecule has 0 saturated heterocycles. The van der Waals surface area contributed by atoms with Gasteiger partial charge in [0.05, 0.1) is 5.41 Å². The van der Waals surface area contributed by atoms with Gasteiger partial charge in [-0.2, -0.15) is 0 Å². The average molecular weight is 181 g/mol. The van der Waals surface area contributed by atoms with E-state index in [4.69, 9.17) is 0 Å². The van der Waals surface area contributed by atoms with Gasteiger partial charge < -0.3 is 4.90 Å². The van der Waals surface area contributed by atoms with Crippen molar-refractivity contribution >= 4 is 5.91 Å². The molecule has 1 heterocycles. The van der Waals surface area contributed by atoms with Crippen molar-refractivity contribution in [3.8, 4) is 0 Å². The molecule has 1 amide bonds. The van der Waals surface area contributed by atoms with E-state index in [2.05, 4.69) is 20.8 Å². The smallest absolute Gasteiger partial charge is 0.236 e. The van der Waals surface area contributed by atoms with Crippen molar-refractivity contribution in [2.24, 2.45) is 5.41 Å². The molecule has 0 aromatic heterocycles. The first-order valence-electron chi connectivity index (χ1n) is 4.70. The predicted octanol–water partition coefficient (Wildman–Crippen LogP) is 2.56. The second-order valence-electron chi connectivity index (χ2n) is 5.32. The van der Waals surface area contributed by atoms with Crippen LogP contribution in [0.4, 0.5) is 0 Å². The number of amides is 1. The molecule has 2 nitrogen and oxygen atoms in total. The summed E-state index contributed by atoms with van der Waals surface area (Å²) in [6.45, 7) is 12.1. The van der Waals surface area contributed by atoms with Crippen LogP contribution < -0.4 is 0 Å². The molecule has 0 unspecified atom stereocenters. The summed E-state index contributed by atoms with van der Waals surface area (Å²) in [4.78, 5) is 13.8. The molecule has 13 heavy (non-hydrogen) atoms. The molecule has 0 aromatic rings. The van der Waals surface area contributed by atoms with Crippen molar-refractivity contribution in [3.63, 3.8) is 0 Å². The topological polar surface area (TPSA) is 20.3 Å². The molecule has 0 aliphatic carbocycles. The molecule has 0 atom stereocenters. The van der Waals surface area contributed by atoms with Crippen LogP contribution in [0.5, 0.6) is 0 Å². The van der Waals surface area contributed by atoms with Gasteiger partial charge in [0.15, 0.2) is 0 Å². The van der Waals surface area contributed by atoms with E-state index >= 15 is 0 Å². The molecule has 2 heteroatoms. The van der Waals surface area contributed by atoms with Gasteiger partial charge in [-0.1, -0.05) is 6.08 Å². The number of nitrogens with zero attached hydrogens (tertiary/aromatic N) is 1. The van der Waals surface area contributed by atoms with Gasteiger partial charge >= 0.3 is 0 Å². The lowest BCUT2D eigenvalue weighted by molar-refractivity contribution is -0.137. The Kier molecular flexibility index (Phi) is 2.06. The molecule has 0 aromatic carbocycles. The Morgan fingerprint density at radius 1 is 1.31 bits per heavy atom. The normalized spacial score (nSPS) is 22.2. The van der Waals surface area contributed by atoms with Gasteiger partial charge in [0.1, 0.15) is 0 Å². The Hall–Kier alpha value is -0.790. The SMILES string of the molecule is CC1=CC(C)(C)C(=O)N1C(C)(C)C. The van der Waals surface area contributed by atoms with Crippen LogP contribution in [-0.2, 0) is 4.79 Å². The van der Waals surface area contributed by atoms with Crippen LogP contribution in [0, 0.1) is 5.41 Å². The van der Waals surface area contributed by atoms with Crippen LogP contribution in [0.3, 0.4) is 0 Å². The molecule has 0 spiro atoms. The van der Waals surface area contributed by atoms with Gasteiger partial charge in [-0.3, -0.25) is 4.79 Å². The molecule has 1 rings (SSSR count). The number of carbonyl (C=O) groups is 1. The fraction of sp³-hybridized carbons (Fsp3) is 0.727. The lowest BCUT2D eigenvalue weighted by atomic mass is 9.93. The fourth-order valence-electron chi connectivity index (χ4n) is 1.93. The molecule has 0 N–H and O–H groups in total. The number of carbonyl (C=O) groups excluding carboxylic acids is 1. The van der Waals surface area contributed by atoms with Gasteiger partial charge in [-0.15, -0.1) is 0 Å². The molecule has 74 valence electrons. The minimum Gasteiger partial charge on any atom is -0.311 e. The zero-order valence-corrected chi connectivity index (χ0v) is 9.43. The van der Waals surface area contributed by atoms with Crippen molar-refractivity contribution in [1.82, 2.24) is 4.90 Å². The summed E-state index contributed by atoms with van der Waals surface area (Å²) in [6, 6.07) is 0. The molecule has 1 aliphatic heterocycles. The van der Waals surface area contributed by atoms with Crippen LogP contribution in [-0.4, -0.2) is 16.3 Å². The second kappa shape index (κ2) is 2.60. The predicted molar refractivity (Wildman–Crippen MR) is 54.1 cm³/mol. The first kappa shape index (κ1) is 10.3. The lowest BCUT2D eigenvalue weighted by Gasteiger charge is -2.34. The quantitative estimate of drug-likeness (QED) is 0.562. The largest absolute Gasteiger partial charge is 0.311 e. The summed E-state index contributed by atoms with van der Waals surface area (Å²) >= 11 is 0. The van der Waals surface area contributed by atoms with E-state index in [1.54, 1.807) is 0 Å². The summed E-state index contributed by atoms with van der Waals surface area (Å²) in [6.07, 6.45) is 2.04. The number of rotatable bonds is 0. The molecule has 1 aliphatic rings. The first-order valence-corrected chi connectivity index (χ1v) is 4.70. The first-order chi connectivity index (χ1) is 5.66. The average Bonchev–Trinajstić information content (AvgIpc) is 1.99. The van der Waals surface area contributed by atoms with Crippen molar-refractivity contribution in [2.75, 3.05) is 0 Å². The van der Waals surface area contributed by atoms with Gasteiger partial charge in [-0.25, -0.2) is 0 Å². The molecule has 0 saturated carbocycles. The maximum Gasteiger partial charge on any atom is 0.236 e. The summed E-state index contributed by atoms with van der Waals surface area (Å²) in [5.41, 5.74) is 0.644. The van der Waals surface area contributed by atoms with Crippen molar-refractivity contribution < 1.29 is 4.79 Å². The Bertz CT molecular complexity index is 268. The second-order valence-corrected chi connectivity index (χ2v) is 5.32. The standard InChI is InChI=1S/C11H19NO/c1-8-7-11(5,6)9(13)12(8)10(2,3)4/h7H,1-6H3. The third-order valence-electron chi connectivity index (χ3n) is 2.35. The Labute approximate surface area is 80.6 Å². The third-order valence-corrected chi connectivity index (χ3v) is 2.35. The Balaban J connectivity index is 3.07. The van der Waals surface area contributed by atoms with E-state index in [-0.39, 0.29) is 16.9 Å². The fourth-order valence-corrected chi connectivity index (χ4v) is 1.93. The highest BCUT2D eigenvalue weighted by atomic mass is 16.2. The maximum absolute atomic E-state index is 12.0. The van der Waals surface area contributed by atoms with E-state index < -0.39 is 0 Å². The number of hydrogen-bond donors (Lipinski definition) is 0. The molecular weight excluding hydrogens is 162 g/mol. The van der Waals surface area contributed by atoms with E-state index in [9.17, 15) is 4.79 Å². The minimum absolute atomic E-state index is 0.106. The number of allylic oxidation sites excluding steroid dienone is 1. The zero-order chi connectivity index (χ0) is 10.4. The summed E-state index contributed by atoms with van der Waals surface area (Å²) in [5, 5.41) is 0. The minimum atomic E-state index is -0.322. The summed E-state index contributed by atoms with van der Waals surface area (Å²) < 4.78 is 0. The van der Waals surface area contributed by atoms with Crippen molar-refractivity contribution in [3.05, 3.63) is 11.8 Å². The van der Waals surface area contributed by atoms with E-state index in [0.29, 0.717) is 0 Å². The van der Waals surface area contributed by atoms with Gasteiger partial charge in [-0.05, 0) is 41.5 Å². The van der Waals surface area contributed by atoms with Crippen molar-refractivity contribution in [2.45, 2.75) is 47.1 Å². The lowest BCUT2D eigenvalue weighted by Crippen LogP contribution is -2.44. The summed E-state index contributed by atoms with van der Waals surface area (Å²) in [7, 11) is 0. The van der Waals surface area contributed by atoms with E-state index in [0.717, 1.165) is 5.70 Å². The van der Waals surface area contributed by atoms with Crippen molar-refractivity contribution in [1.29, 1.82) is 0 Å². The van der Waals surface area contributed by atoms with Gasteiger partial charge in [0.2, 0.25) is 5.91 Å². The molecule has 0 radical (unpaired) electrons. The Morgan fingerprint density at radius 3 is 1.92 bits per heavy atom. The van der Waals surface area contributed by atoms with Crippen LogP contribution >= 0.6 is 0 Å². The molecule has 0 bridgehead atoms. The monoisotopic (exact) mass is 181 g/mol. The Morgan fingerprint density at radius 2 is 1.77 bits per heavy atom. The molecular formula is C11H19NO. The zero-order valence-electron chi connectivity index (χ0n) is 9.43. The van der Waals surface area contributed by atoms with Crippen LogP contribution in [0.1, 0.15) is 41.5 Å². The van der Waals surface area contributed by atoms with Gasteiger partial charge in [0, 0.05) is 11.2 Å².